The van der Waals surface area contributed by atoms with E-state index in [-0.39, 0.29) is 0 Å². The third kappa shape index (κ3) is 3.09. The maximum absolute atomic E-state index is 11.5. The molecule has 104 valence electrons. The summed E-state index contributed by atoms with van der Waals surface area (Å²) in [6.45, 7) is 2.24. The monoisotopic (exact) mass is 280 g/mol. The van der Waals surface area contributed by atoms with Crippen LogP contribution in [0.25, 0.3) is 0 Å². The molecule has 1 N–H and O–H groups in total. The molecule has 0 radical (unpaired) electrons. The van der Waals surface area contributed by atoms with Crippen molar-refractivity contribution >= 4 is 15.5 Å². The van der Waals surface area contributed by atoms with Gasteiger partial charge in [0.15, 0.2) is 9.84 Å². The van der Waals surface area contributed by atoms with Gasteiger partial charge in [-0.3, -0.25) is 4.90 Å². The highest BCUT2D eigenvalue weighted by molar-refractivity contribution is 7.90. The summed E-state index contributed by atoms with van der Waals surface area (Å²) >= 11 is 0. The van der Waals surface area contributed by atoms with Crippen molar-refractivity contribution in [2.75, 3.05) is 24.7 Å². The molecule has 0 bridgehead atoms. The zero-order valence-corrected chi connectivity index (χ0v) is 12.0. The first-order valence-corrected chi connectivity index (χ1v) is 8.72. The van der Waals surface area contributed by atoms with Crippen molar-refractivity contribution in [3.63, 3.8) is 0 Å². The van der Waals surface area contributed by atoms with Gasteiger partial charge in [0.05, 0.1) is 4.90 Å². The van der Waals surface area contributed by atoms with E-state index in [0.717, 1.165) is 31.2 Å². The SMILES string of the molecule is CS(=O)(=O)c1cccc(NC2CCN(C3CC3)C2)c1. The minimum atomic E-state index is -3.12. The van der Waals surface area contributed by atoms with E-state index in [2.05, 4.69) is 10.2 Å². The molecule has 1 saturated carbocycles. The van der Waals surface area contributed by atoms with Gasteiger partial charge in [0, 0.05) is 37.1 Å². The number of hydrogen-bond donors (Lipinski definition) is 1. The molecule has 1 aromatic rings. The van der Waals surface area contributed by atoms with E-state index in [0.29, 0.717) is 10.9 Å². The van der Waals surface area contributed by atoms with Gasteiger partial charge in [0.1, 0.15) is 0 Å². The Labute approximate surface area is 114 Å². The maximum Gasteiger partial charge on any atom is 0.175 e. The van der Waals surface area contributed by atoms with Crippen molar-refractivity contribution in [2.24, 2.45) is 0 Å². The highest BCUT2D eigenvalue weighted by Crippen LogP contribution is 2.30. The Hall–Kier alpha value is -1.07. The zero-order valence-electron chi connectivity index (χ0n) is 11.2. The van der Waals surface area contributed by atoms with Crippen LogP contribution in [0.2, 0.25) is 0 Å². The van der Waals surface area contributed by atoms with Crippen LogP contribution in [0, 0.1) is 0 Å². The van der Waals surface area contributed by atoms with Crippen molar-refractivity contribution in [3.05, 3.63) is 24.3 Å². The van der Waals surface area contributed by atoms with Crippen LogP contribution in [-0.2, 0) is 9.84 Å². The Kier molecular flexibility index (Phi) is 3.27. The van der Waals surface area contributed by atoms with Gasteiger partial charge in [-0.2, -0.15) is 0 Å². The largest absolute Gasteiger partial charge is 0.381 e. The Bertz CT molecular complexity index is 567. The van der Waals surface area contributed by atoms with Crippen LogP contribution >= 0.6 is 0 Å². The molecule has 1 aliphatic heterocycles. The Balaban J connectivity index is 1.67. The average Bonchev–Trinajstić information content (AvgIpc) is 3.10. The molecule has 19 heavy (non-hydrogen) atoms. The van der Waals surface area contributed by atoms with Crippen molar-refractivity contribution in [3.8, 4) is 0 Å². The summed E-state index contributed by atoms with van der Waals surface area (Å²) in [7, 11) is -3.12. The molecule has 0 amide bonds. The van der Waals surface area contributed by atoms with Gasteiger partial charge in [-0.15, -0.1) is 0 Å². The van der Waals surface area contributed by atoms with Crippen LogP contribution in [0.4, 0.5) is 5.69 Å². The van der Waals surface area contributed by atoms with E-state index >= 15 is 0 Å². The first-order chi connectivity index (χ1) is 9.02. The molecule has 1 aromatic carbocycles. The van der Waals surface area contributed by atoms with E-state index < -0.39 is 9.84 Å². The molecule has 1 aliphatic carbocycles. The van der Waals surface area contributed by atoms with Crippen LogP contribution in [-0.4, -0.2) is 44.7 Å². The van der Waals surface area contributed by atoms with Gasteiger partial charge in [-0.1, -0.05) is 6.07 Å². The average molecular weight is 280 g/mol. The third-order valence-corrected chi connectivity index (χ3v) is 5.03. The lowest BCUT2D eigenvalue weighted by Gasteiger charge is -2.17. The molecule has 1 saturated heterocycles. The molecule has 1 atom stereocenters. The second-order valence-electron chi connectivity index (χ2n) is 5.66. The van der Waals surface area contributed by atoms with Crippen LogP contribution in [0.1, 0.15) is 19.3 Å². The second kappa shape index (κ2) is 4.80. The highest BCUT2D eigenvalue weighted by atomic mass is 32.2. The van der Waals surface area contributed by atoms with Crippen molar-refractivity contribution < 1.29 is 8.42 Å². The lowest BCUT2D eigenvalue weighted by Crippen LogP contribution is -2.27. The summed E-state index contributed by atoms with van der Waals surface area (Å²) in [5.74, 6) is 0. The van der Waals surface area contributed by atoms with Crippen molar-refractivity contribution in [1.82, 2.24) is 4.90 Å². The summed E-state index contributed by atoms with van der Waals surface area (Å²) in [4.78, 5) is 2.92. The van der Waals surface area contributed by atoms with E-state index in [1.54, 1.807) is 18.2 Å². The number of anilines is 1. The molecule has 5 heteroatoms. The Morgan fingerprint density at radius 3 is 2.74 bits per heavy atom. The fraction of sp³-hybridized carbons (Fsp3) is 0.571. The lowest BCUT2D eigenvalue weighted by molar-refractivity contribution is 0.326. The van der Waals surface area contributed by atoms with E-state index in [1.165, 1.54) is 19.1 Å². The summed E-state index contributed by atoms with van der Waals surface area (Å²) in [5, 5.41) is 3.46. The van der Waals surface area contributed by atoms with Gasteiger partial charge in [-0.05, 0) is 37.5 Å². The summed E-state index contributed by atoms with van der Waals surface area (Å²) in [6.07, 6.45) is 5.07. The molecule has 0 spiro atoms. The Morgan fingerprint density at radius 1 is 1.26 bits per heavy atom. The van der Waals surface area contributed by atoms with Gasteiger partial charge >= 0.3 is 0 Å². The predicted molar refractivity (Wildman–Crippen MR) is 76.2 cm³/mol. The normalized spacial score (nSPS) is 24.6. The number of benzene rings is 1. The Morgan fingerprint density at radius 2 is 2.05 bits per heavy atom. The zero-order chi connectivity index (χ0) is 13.5. The number of nitrogens with one attached hydrogen (secondary N) is 1. The van der Waals surface area contributed by atoms with Crippen LogP contribution in [0.15, 0.2) is 29.2 Å². The minimum absolute atomic E-state index is 0.384. The molecule has 1 heterocycles. The summed E-state index contributed by atoms with van der Waals surface area (Å²) in [6, 6.07) is 8.37. The fourth-order valence-corrected chi connectivity index (χ4v) is 3.40. The van der Waals surface area contributed by atoms with Gasteiger partial charge in [-0.25, -0.2) is 8.42 Å². The summed E-state index contributed by atoms with van der Waals surface area (Å²) < 4.78 is 23.1. The van der Waals surface area contributed by atoms with Crippen molar-refractivity contribution in [2.45, 2.75) is 36.2 Å². The number of hydrogen-bond acceptors (Lipinski definition) is 4. The maximum atomic E-state index is 11.5. The van der Waals surface area contributed by atoms with Crippen molar-refractivity contribution in [1.29, 1.82) is 0 Å². The number of rotatable bonds is 4. The quantitative estimate of drug-likeness (QED) is 0.912. The number of likely N-dealkylation sites (tertiary alicyclic amines) is 1. The van der Waals surface area contributed by atoms with Crippen LogP contribution in [0.3, 0.4) is 0 Å². The lowest BCUT2D eigenvalue weighted by atomic mass is 10.2. The van der Waals surface area contributed by atoms with Gasteiger partial charge < -0.3 is 5.32 Å². The predicted octanol–water partition coefficient (Wildman–Crippen LogP) is 1.74. The second-order valence-corrected chi connectivity index (χ2v) is 7.67. The molecule has 0 aromatic heterocycles. The first-order valence-electron chi connectivity index (χ1n) is 6.83. The van der Waals surface area contributed by atoms with Crippen LogP contribution in [0.5, 0.6) is 0 Å². The van der Waals surface area contributed by atoms with E-state index in [4.69, 9.17) is 0 Å². The van der Waals surface area contributed by atoms with Gasteiger partial charge in [0.25, 0.3) is 0 Å². The first kappa shape index (κ1) is 12.9. The molecule has 2 aliphatic rings. The third-order valence-electron chi connectivity index (χ3n) is 3.92. The fourth-order valence-electron chi connectivity index (χ4n) is 2.73. The standard InChI is InChI=1S/C14H20N2O2S/c1-19(17,18)14-4-2-3-11(9-14)15-12-7-8-16(10-12)13-5-6-13/h2-4,9,12-13,15H,5-8,10H2,1H3. The van der Waals surface area contributed by atoms with E-state index in [1.807, 2.05) is 6.07 Å². The molecular weight excluding hydrogens is 260 g/mol. The van der Waals surface area contributed by atoms with E-state index in [9.17, 15) is 8.42 Å². The van der Waals surface area contributed by atoms with Crippen LogP contribution < -0.4 is 5.32 Å². The summed E-state index contributed by atoms with van der Waals surface area (Å²) in [5.41, 5.74) is 0.908. The molecule has 1 unspecified atom stereocenters. The highest BCUT2D eigenvalue weighted by Gasteiger charge is 2.34. The molecule has 2 fully saturated rings. The number of nitrogens with zero attached hydrogens (tertiary/aromatic N) is 1. The molecule has 3 rings (SSSR count). The minimum Gasteiger partial charge on any atom is -0.381 e. The van der Waals surface area contributed by atoms with Gasteiger partial charge in [0.2, 0.25) is 0 Å². The topological polar surface area (TPSA) is 49.4 Å². The smallest absolute Gasteiger partial charge is 0.175 e. The molecular formula is C14H20N2O2S. The number of sulfone groups is 1. The molecule has 4 nitrogen and oxygen atoms in total.